The van der Waals surface area contributed by atoms with Crippen LogP contribution in [-0.4, -0.2) is 34.7 Å². The van der Waals surface area contributed by atoms with Crippen molar-refractivity contribution in [1.29, 1.82) is 0 Å². The van der Waals surface area contributed by atoms with Gasteiger partial charge in [-0.2, -0.15) is 0 Å². The molecule has 1 aliphatic heterocycles. The zero-order chi connectivity index (χ0) is 18.5. The summed E-state index contributed by atoms with van der Waals surface area (Å²) in [5.41, 5.74) is 1.75. The van der Waals surface area contributed by atoms with Gasteiger partial charge in [-0.15, -0.1) is 0 Å². The van der Waals surface area contributed by atoms with Crippen LogP contribution in [0.3, 0.4) is 0 Å². The number of ether oxygens (including phenoxy) is 1. The second-order valence-electron chi connectivity index (χ2n) is 6.90. The summed E-state index contributed by atoms with van der Waals surface area (Å²) in [4.78, 5) is 6.45. The fourth-order valence-electron chi connectivity index (χ4n) is 3.46. The quantitative estimate of drug-likeness (QED) is 0.655. The van der Waals surface area contributed by atoms with Crippen LogP contribution >= 0.6 is 0 Å². The topological polar surface area (TPSA) is 51.4 Å². The van der Waals surface area contributed by atoms with Crippen molar-refractivity contribution in [3.8, 4) is 17.0 Å². The monoisotopic (exact) mass is 367 g/mol. The molecule has 0 aliphatic carbocycles. The zero-order valence-electron chi connectivity index (χ0n) is 15.1. The first-order valence-electron chi connectivity index (χ1n) is 9.23. The molecule has 0 amide bonds. The van der Waals surface area contributed by atoms with Gasteiger partial charge in [0, 0.05) is 36.5 Å². The Hall–Kier alpha value is -2.73. The molecular weight excluding hydrogens is 345 g/mol. The molecule has 140 valence electrons. The first-order chi connectivity index (χ1) is 13.3. The maximum atomic E-state index is 13.7. The first-order valence-corrected chi connectivity index (χ1v) is 9.23. The van der Waals surface area contributed by atoms with Crippen LogP contribution < -0.4 is 4.74 Å². The number of hydrogen-bond acceptors (Lipinski definition) is 5. The predicted octanol–water partition coefficient (Wildman–Crippen LogP) is 4.17. The lowest BCUT2D eigenvalue weighted by Crippen LogP contribution is -2.37. The smallest absolute Gasteiger partial charge is 0.165 e. The Labute approximate surface area is 157 Å². The molecule has 1 fully saturated rings. The minimum atomic E-state index is -0.310. The third-order valence-electron chi connectivity index (χ3n) is 4.81. The third-order valence-corrected chi connectivity index (χ3v) is 4.81. The molecule has 3 heterocycles. The first kappa shape index (κ1) is 17.7. The van der Waals surface area contributed by atoms with E-state index in [1.54, 1.807) is 30.6 Å². The molecule has 0 radical (unpaired) electrons. The van der Waals surface area contributed by atoms with Gasteiger partial charge in [0.05, 0.1) is 13.2 Å². The van der Waals surface area contributed by atoms with E-state index in [0.717, 1.165) is 42.9 Å². The Morgan fingerprint density at radius 2 is 2.15 bits per heavy atom. The Bertz CT molecular complexity index is 869. The van der Waals surface area contributed by atoms with E-state index in [1.807, 2.05) is 18.2 Å². The second-order valence-corrected chi connectivity index (χ2v) is 6.90. The summed E-state index contributed by atoms with van der Waals surface area (Å²) in [6.07, 6.45) is 5.69. The van der Waals surface area contributed by atoms with Crippen LogP contribution in [0, 0.1) is 11.7 Å². The zero-order valence-corrected chi connectivity index (χ0v) is 15.1. The molecule has 0 unspecified atom stereocenters. The third kappa shape index (κ3) is 4.52. The Kier molecular flexibility index (Phi) is 5.44. The number of piperidine rings is 1. The van der Waals surface area contributed by atoms with Crippen molar-refractivity contribution in [2.24, 2.45) is 5.92 Å². The molecule has 5 nitrogen and oxygen atoms in total. The molecule has 1 saturated heterocycles. The van der Waals surface area contributed by atoms with E-state index in [-0.39, 0.29) is 5.82 Å². The maximum absolute atomic E-state index is 13.7. The molecular formula is C21H22FN3O2. The van der Waals surface area contributed by atoms with E-state index in [2.05, 4.69) is 15.0 Å². The van der Waals surface area contributed by atoms with Crippen molar-refractivity contribution in [3.05, 3.63) is 66.4 Å². The van der Waals surface area contributed by atoms with E-state index in [1.165, 1.54) is 6.07 Å². The summed E-state index contributed by atoms with van der Waals surface area (Å²) in [5, 5.41) is 4.15. The molecule has 1 atom stereocenters. The predicted molar refractivity (Wildman–Crippen MR) is 99.6 cm³/mol. The second kappa shape index (κ2) is 8.31. The summed E-state index contributed by atoms with van der Waals surface area (Å²) in [6.45, 7) is 3.15. The van der Waals surface area contributed by atoms with Crippen molar-refractivity contribution in [3.63, 3.8) is 0 Å². The van der Waals surface area contributed by atoms with Crippen LogP contribution in [-0.2, 0) is 6.54 Å². The Morgan fingerprint density at radius 3 is 3.00 bits per heavy atom. The number of halogens is 1. The standard InChI is InChI=1S/C21H22FN3O2/c22-19-7-1-2-8-21(19)26-15-16-5-4-10-25(13-16)14-18-11-20(24-27-18)17-6-3-9-23-12-17/h1-3,6-9,11-12,16H,4-5,10,13-15H2/t16-/m0/s1. The lowest BCUT2D eigenvalue weighted by molar-refractivity contribution is 0.115. The van der Waals surface area contributed by atoms with E-state index in [9.17, 15) is 4.39 Å². The fraction of sp³-hybridized carbons (Fsp3) is 0.333. The number of hydrogen-bond donors (Lipinski definition) is 0. The molecule has 6 heteroatoms. The molecule has 3 aromatic rings. The van der Waals surface area contributed by atoms with E-state index >= 15 is 0 Å². The normalized spacial score (nSPS) is 17.7. The van der Waals surface area contributed by atoms with E-state index < -0.39 is 0 Å². The van der Waals surface area contributed by atoms with E-state index in [0.29, 0.717) is 24.8 Å². The molecule has 0 bridgehead atoms. The molecule has 0 saturated carbocycles. The molecule has 1 aromatic carbocycles. The largest absolute Gasteiger partial charge is 0.490 e. The average Bonchev–Trinajstić information content (AvgIpc) is 3.17. The van der Waals surface area contributed by atoms with Gasteiger partial charge < -0.3 is 9.26 Å². The summed E-state index contributed by atoms with van der Waals surface area (Å²) >= 11 is 0. The van der Waals surface area contributed by atoms with Gasteiger partial charge in [0.25, 0.3) is 0 Å². The van der Waals surface area contributed by atoms with Gasteiger partial charge >= 0.3 is 0 Å². The van der Waals surface area contributed by atoms with Crippen molar-refractivity contribution in [1.82, 2.24) is 15.0 Å². The summed E-state index contributed by atoms with van der Waals surface area (Å²) in [7, 11) is 0. The molecule has 1 aliphatic rings. The van der Waals surface area contributed by atoms with Gasteiger partial charge in [-0.05, 0) is 43.7 Å². The van der Waals surface area contributed by atoms with Gasteiger partial charge in [-0.1, -0.05) is 17.3 Å². The molecule has 27 heavy (non-hydrogen) atoms. The lowest BCUT2D eigenvalue weighted by atomic mass is 9.99. The molecule has 0 spiro atoms. The maximum Gasteiger partial charge on any atom is 0.165 e. The number of benzene rings is 1. The highest BCUT2D eigenvalue weighted by Crippen LogP contribution is 2.23. The number of aromatic nitrogens is 2. The van der Waals surface area contributed by atoms with Crippen molar-refractivity contribution in [2.75, 3.05) is 19.7 Å². The lowest BCUT2D eigenvalue weighted by Gasteiger charge is -2.31. The number of likely N-dealkylation sites (tertiary alicyclic amines) is 1. The summed E-state index contributed by atoms with van der Waals surface area (Å²) < 4.78 is 24.9. The highest BCUT2D eigenvalue weighted by Gasteiger charge is 2.22. The minimum absolute atomic E-state index is 0.310. The van der Waals surface area contributed by atoms with Gasteiger partial charge in [0.15, 0.2) is 17.3 Å². The summed E-state index contributed by atoms with van der Waals surface area (Å²) in [5.74, 6) is 1.23. The molecule has 4 rings (SSSR count). The van der Waals surface area contributed by atoms with E-state index in [4.69, 9.17) is 9.26 Å². The fourth-order valence-corrected chi connectivity index (χ4v) is 3.46. The van der Waals surface area contributed by atoms with Crippen LogP contribution in [0.5, 0.6) is 5.75 Å². The summed E-state index contributed by atoms with van der Waals surface area (Å²) in [6, 6.07) is 12.4. The van der Waals surface area contributed by atoms with Crippen LogP contribution in [0.15, 0.2) is 59.4 Å². The van der Waals surface area contributed by atoms with Crippen LogP contribution in [0.25, 0.3) is 11.3 Å². The number of nitrogens with zero attached hydrogens (tertiary/aromatic N) is 3. The van der Waals surface area contributed by atoms with Crippen molar-refractivity contribution in [2.45, 2.75) is 19.4 Å². The number of rotatable bonds is 6. The number of para-hydroxylation sites is 1. The van der Waals surface area contributed by atoms with Crippen molar-refractivity contribution >= 4 is 0 Å². The van der Waals surface area contributed by atoms with Gasteiger partial charge in [0.2, 0.25) is 0 Å². The SMILES string of the molecule is Fc1ccccc1OC[C@H]1CCCN(Cc2cc(-c3cccnc3)no2)C1. The number of pyridine rings is 1. The molecule has 0 N–H and O–H groups in total. The minimum Gasteiger partial charge on any atom is -0.490 e. The van der Waals surface area contributed by atoms with Gasteiger partial charge in [-0.3, -0.25) is 9.88 Å². The van der Waals surface area contributed by atoms with Gasteiger partial charge in [0.1, 0.15) is 5.69 Å². The Balaban J connectivity index is 1.32. The molecule has 2 aromatic heterocycles. The van der Waals surface area contributed by atoms with Crippen LogP contribution in [0.4, 0.5) is 4.39 Å². The van der Waals surface area contributed by atoms with Crippen LogP contribution in [0.2, 0.25) is 0 Å². The highest BCUT2D eigenvalue weighted by molar-refractivity contribution is 5.57. The average molecular weight is 367 g/mol. The van der Waals surface area contributed by atoms with Gasteiger partial charge in [-0.25, -0.2) is 4.39 Å². The van der Waals surface area contributed by atoms with Crippen molar-refractivity contribution < 1.29 is 13.7 Å². The highest BCUT2D eigenvalue weighted by atomic mass is 19.1. The Morgan fingerprint density at radius 1 is 1.22 bits per heavy atom. The van der Waals surface area contributed by atoms with Crippen LogP contribution in [0.1, 0.15) is 18.6 Å².